The summed E-state index contributed by atoms with van der Waals surface area (Å²) < 4.78 is 0. The number of aliphatic hydroxyl groups is 1. The molecule has 0 bridgehead atoms. The fraction of sp³-hybridized carbons (Fsp3) is 1.00. The molecule has 2 rings (SSSR count). The normalized spacial score (nSPS) is 38.1. The molecule has 1 N–H and O–H groups in total. The minimum Gasteiger partial charge on any atom is -0.393 e. The molecule has 2 nitrogen and oxygen atoms in total. The van der Waals surface area contributed by atoms with Crippen LogP contribution in [0.4, 0.5) is 0 Å². The van der Waals surface area contributed by atoms with Gasteiger partial charge in [-0.3, -0.25) is 0 Å². The lowest BCUT2D eigenvalue weighted by molar-refractivity contribution is -0.0107. The van der Waals surface area contributed by atoms with Gasteiger partial charge in [0, 0.05) is 12.5 Å². The lowest BCUT2D eigenvalue weighted by Crippen LogP contribution is -2.46. The second kappa shape index (κ2) is 6.36. The van der Waals surface area contributed by atoms with Crippen molar-refractivity contribution in [3.8, 4) is 0 Å². The molecule has 0 aromatic heterocycles. The summed E-state index contributed by atoms with van der Waals surface area (Å²) in [4.78, 5) is 2.61. The van der Waals surface area contributed by atoms with Crippen LogP contribution in [0.3, 0.4) is 0 Å². The van der Waals surface area contributed by atoms with E-state index in [1.165, 1.54) is 32.4 Å². The molecule has 0 aromatic carbocycles. The molecule has 4 unspecified atom stereocenters. The number of hydrogen-bond donors (Lipinski definition) is 1. The number of rotatable bonds is 2. The van der Waals surface area contributed by atoms with Gasteiger partial charge in [-0.2, -0.15) is 0 Å². The maximum absolute atomic E-state index is 10.4. The number of hydrogen-bond acceptors (Lipinski definition) is 2. The van der Waals surface area contributed by atoms with Crippen LogP contribution in [-0.4, -0.2) is 35.7 Å². The summed E-state index contributed by atoms with van der Waals surface area (Å²) in [6, 6.07) is 0. The van der Waals surface area contributed by atoms with Crippen molar-refractivity contribution >= 4 is 0 Å². The maximum atomic E-state index is 10.4. The van der Waals surface area contributed by atoms with Crippen LogP contribution in [0.25, 0.3) is 0 Å². The fourth-order valence-electron chi connectivity index (χ4n) is 4.45. The van der Waals surface area contributed by atoms with Gasteiger partial charge in [0.05, 0.1) is 6.10 Å². The number of piperidine rings is 1. The van der Waals surface area contributed by atoms with Crippen LogP contribution in [0.1, 0.15) is 60.3 Å². The Bertz CT molecular complexity index is 289. The van der Waals surface area contributed by atoms with Crippen LogP contribution in [-0.2, 0) is 0 Å². The van der Waals surface area contributed by atoms with Crippen molar-refractivity contribution < 1.29 is 5.11 Å². The van der Waals surface area contributed by atoms with E-state index < -0.39 is 0 Å². The van der Waals surface area contributed by atoms with Crippen molar-refractivity contribution in [3.63, 3.8) is 0 Å². The highest BCUT2D eigenvalue weighted by Gasteiger charge is 2.35. The quantitative estimate of drug-likeness (QED) is 0.832. The van der Waals surface area contributed by atoms with Gasteiger partial charge < -0.3 is 10.0 Å². The third-order valence-electron chi connectivity index (χ3n) is 5.92. The summed E-state index contributed by atoms with van der Waals surface area (Å²) in [6.07, 6.45) is 4.89. The first kappa shape index (κ1) is 16.3. The fourth-order valence-corrected chi connectivity index (χ4v) is 4.45. The zero-order valence-corrected chi connectivity index (χ0v) is 14.2. The van der Waals surface area contributed by atoms with Crippen molar-refractivity contribution in [1.82, 2.24) is 4.90 Å². The molecule has 118 valence electrons. The van der Waals surface area contributed by atoms with Gasteiger partial charge >= 0.3 is 0 Å². The molecule has 1 aliphatic carbocycles. The van der Waals surface area contributed by atoms with Gasteiger partial charge in [0.2, 0.25) is 0 Å². The molecule has 2 aliphatic rings. The van der Waals surface area contributed by atoms with E-state index in [1.807, 2.05) is 0 Å². The van der Waals surface area contributed by atoms with Crippen molar-refractivity contribution in [2.45, 2.75) is 66.4 Å². The molecule has 4 atom stereocenters. The standard InChI is InChI=1S/C18H35NO/c1-13-10-14(2)16(17(20)11-13)12-19-8-6-15(7-9-19)18(3,4)5/h13-17,20H,6-12H2,1-5H3. The molecule has 1 saturated carbocycles. The van der Waals surface area contributed by atoms with Crippen molar-refractivity contribution in [2.75, 3.05) is 19.6 Å². The monoisotopic (exact) mass is 281 g/mol. The number of nitrogens with zero attached hydrogens (tertiary/aromatic N) is 1. The average molecular weight is 281 g/mol. The van der Waals surface area contributed by atoms with Gasteiger partial charge in [-0.15, -0.1) is 0 Å². The highest BCUT2D eigenvalue weighted by molar-refractivity contribution is 4.87. The van der Waals surface area contributed by atoms with Gasteiger partial charge in [0.25, 0.3) is 0 Å². The average Bonchev–Trinajstić information content (AvgIpc) is 2.33. The lowest BCUT2D eigenvalue weighted by atomic mass is 9.72. The summed E-state index contributed by atoms with van der Waals surface area (Å²) in [5.74, 6) is 2.74. The second-order valence-corrected chi connectivity index (χ2v) is 8.73. The van der Waals surface area contributed by atoms with E-state index in [0.29, 0.717) is 23.2 Å². The summed E-state index contributed by atoms with van der Waals surface area (Å²) >= 11 is 0. The highest BCUT2D eigenvalue weighted by Crippen LogP contribution is 2.37. The van der Waals surface area contributed by atoms with E-state index in [-0.39, 0.29) is 6.10 Å². The van der Waals surface area contributed by atoms with E-state index in [9.17, 15) is 5.11 Å². The smallest absolute Gasteiger partial charge is 0.0585 e. The molecule has 20 heavy (non-hydrogen) atoms. The zero-order valence-electron chi connectivity index (χ0n) is 14.2. The minimum atomic E-state index is -0.0749. The second-order valence-electron chi connectivity index (χ2n) is 8.73. The largest absolute Gasteiger partial charge is 0.393 e. The lowest BCUT2D eigenvalue weighted by Gasteiger charge is -2.43. The first-order valence-electron chi connectivity index (χ1n) is 8.67. The Kier molecular flexibility index (Phi) is 5.18. The van der Waals surface area contributed by atoms with Gasteiger partial charge in [-0.1, -0.05) is 34.6 Å². The predicted molar refractivity (Wildman–Crippen MR) is 85.7 cm³/mol. The third-order valence-corrected chi connectivity index (χ3v) is 5.92. The Morgan fingerprint density at radius 1 is 1.05 bits per heavy atom. The van der Waals surface area contributed by atoms with E-state index >= 15 is 0 Å². The van der Waals surface area contributed by atoms with E-state index in [2.05, 4.69) is 39.5 Å². The van der Waals surface area contributed by atoms with Crippen molar-refractivity contribution in [2.24, 2.45) is 29.1 Å². The van der Waals surface area contributed by atoms with Crippen LogP contribution in [0.5, 0.6) is 0 Å². The SMILES string of the molecule is CC1CC(C)C(CN2CCC(C(C)(C)C)CC2)C(O)C1. The van der Waals surface area contributed by atoms with Gasteiger partial charge in [0.15, 0.2) is 0 Å². The Morgan fingerprint density at radius 3 is 2.15 bits per heavy atom. The topological polar surface area (TPSA) is 23.5 Å². The highest BCUT2D eigenvalue weighted by atomic mass is 16.3. The van der Waals surface area contributed by atoms with Crippen molar-refractivity contribution in [3.05, 3.63) is 0 Å². The summed E-state index contributed by atoms with van der Waals surface area (Å²) in [7, 11) is 0. The van der Waals surface area contributed by atoms with Crippen LogP contribution < -0.4 is 0 Å². The molecule has 1 heterocycles. The Balaban J connectivity index is 1.83. The van der Waals surface area contributed by atoms with Gasteiger partial charge in [-0.25, -0.2) is 0 Å². The number of likely N-dealkylation sites (tertiary alicyclic amines) is 1. The summed E-state index contributed by atoms with van der Waals surface area (Å²) in [5, 5.41) is 10.4. The van der Waals surface area contributed by atoms with Crippen molar-refractivity contribution in [1.29, 1.82) is 0 Å². The molecule has 0 aromatic rings. The molecule has 1 aliphatic heterocycles. The molecule has 0 spiro atoms. The van der Waals surface area contributed by atoms with Gasteiger partial charge in [0.1, 0.15) is 0 Å². The first-order valence-corrected chi connectivity index (χ1v) is 8.67. The van der Waals surface area contributed by atoms with E-state index in [0.717, 1.165) is 18.9 Å². The predicted octanol–water partition coefficient (Wildman–Crippen LogP) is 3.79. The van der Waals surface area contributed by atoms with Crippen LogP contribution >= 0.6 is 0 Å². The molecule has 0 amide bonds. The van der Waals surface area contributed by atoms with E-state index in [1.54, 1.807) is 0 Å². The van der Waals surface area contributed by atoms with E-state index in [4.69, 9.17) is 0 Å². The molecular weight excluding hydrogens is 246 g/mol. The summed E-state index contributed by atoms with van der Waals surface area (Å²) in [6.45, 7) is 15.3. The van der Waals surface area contributed by atoms with Crippen LogP contribution in [0, 0.1) is 29.1 Å². The van der Waals surface area contributed by atoms with Gasteiger partial charge in [-0.05, 0) is 61.9 Å². The molecule has 1 saturated heterocycles. The third kappa shape index (κ3) is 3.98. The minimum absolute atomic E-state index is 0.0749. The molecule has 0 radical (unpaired) electrons. The molecule has 2 fully saturated rings. The Hall–Kier alpha value is -0.0800. The van der Waals surface area contributed by atoms with Crippen LogP contribution in [0.2, 0.25) is 0 Å². The van der Waals surface area contributed by atoms with Crippen LogP contribution in [0.15, 0.2) is 0 Å². The zero-order chi connectivity index (χ0) is 14.9. The Morgan fingerprint density at radius 2 is 1.65 bits per heavy atom. The summed E-state index contributed by atoms with van der Waals surface area (Å²) in [5.41, 5.74) is 0.458. The molecular formula is C18H35NO. The maximum Gasteiger partial charge on any atom is 0.0585 e. The first-order chi connectivity index (χ1) is 9.27. The Labute approximate surface area is 125 Å². The molecule has 2 heteroatoms. The number of aliphatic hydroxyl groups excluding tert-OH is 1.